The van der Waals surface area contributed by atoms with Crippen LogP contribution in [0.4, 0.5) is 0 Å². The molecule has 1 nitrogen and oxygen atoms in total. The predicted molar refractivity (Wildman–Crippen MR) is 90.4 cm³/mol. The summed E-state index contributed by atoms with van der Waals surface area (Å²) < 4.78 is 0.910. The molecule has 2 aromatic rings. The molecule has 1 heterocycles. The largest absolute Gasteiger partial charge is 0.229 e. The number of benzene rings is 1. The third-order valence-electron chi connectivity index (χ3n) is 2.53. The Labute approximate surface area is 133 Å². The Morgan fingerprint density at radius 2 is 1.89 bits per heavy atom. The second kappa shape index (κ2) is 7.41. The second-order valence-corrected chi connectivity index (χ2v) is 7.03. The molecule has 2 rings (SSSR count). The van der Waals surface area contributed by atoms with Gasteiger partial charge in [-0.2, -0.15) is 0 Å². The maximum absolute atomic E-state index is 6.30. The maximum Gasteiger partial charge on any atom is 0.160 e. The van der Waals surface area contributed by atoms with Gasteiger partial charge in [-0.15, -0.1) is 11.3 Å². The van der Waals surface area contributed by atoms with Gasteiger partial charge in [-0.3, -0.25) is 0 Å². The van der Waals surface area contributed by atoms with Crippen LogP contribution in [0.15, 0.2) is 22.1 Å². The van der Waals surface area contributed by atoms with Crippen LogP contribution in [0.2, 0.25) is 5.02 Å². The Morgan fingerprint density at radius 1 is 1.26 bits per heavy atom. The second-order valence-electron chi connectivity index (χ2n) is 4.32. The SMILES string of the molecule is CC.Cc1ccc(-c2nc(Br)sc2C(C)C)c(Cl)c1. The van der Waals surface area contributed by atoms with Crippen molar-refractivity contribution in [1.82, 2.24) is 4.98 Å². The molecular weight excluding hydrogens is 342 g/mol. The van der Waals surface area contributed by atoms with Crippen LogP contribution < -0.4 is 0 Å². The van der Waals surface area contributed by atoms with Gasteiger partial charge in [-0.05, 0) is 40.4 Å². The molecule has 0 amide bonds. The average molecular weight is 361 g/mol. The highest BCUT2D eigenvalue weighted by molar-refractivity contribution is 9.11. The van der Waals surface area contributed by atoms with E-state index in [2.05, 4.69) is 40.8 Å². The monoisotopic (exact) mass is 359 g/mol. The van der Waals surface area contributed by atoms with Crippen LogP contribution in [0.3, 0.4) is 0 Å². The Morgan fingerprint density at radius 3 is 2.42 bits per heavy atom. The Hall–Kier alpha value is -0.380. The highest BCUT2D eigenvalue weighted by atomic mass is 79.9. The summed E-state index contributed by atoms with van der Waals surface area (Å²) in [6.45, 7) is 10.4. The van der Waals surface area contributed by atoms with Gasteiger partial charge in [0.15, 0.2) is 3.92 Å². The molecule has 0 aliphatic rings. The van der Waals surface area contributed by atoms with Crippen LogP contribution in [-0.2, 0) is 0 Å². The first-order chi connectivity index (χ1) is 8.99. The summed E-state index contributed by atoms with van der Waals surface area (Å²) >= 11 is 11.4. The van der Waals surface area contributed by atoms with Crippen molar-refractivity contribution < 1.29 is 0 Å². The van der Waals surface area contributed by atoms with E-state index in [0.29, 0.717) is 5.92 Å². The fourth-order valence-electron chi connectivity index (χ4n) is 1.70. The fraction of sp³-hybridized carbons (Fsp3) is 0.400. The number of nitrogens with zero attached hydrogens (tertiary/aromatic N) is 1. The van der Waals surface area contributed by atoms with Gasteiger partial charge in [0.2, 0.25) is 0 Å². The summed E-state index contributed by atoms with van der Waals surface area (Å²) in [6.07, 6.45) is 0. The number of hydrogen-bond donors (Lipinski definition) is 0. The van der Waals surface area contributed by atoms with Gasteiger partial charge >= 0.3 is 0 Å². The van der Waals surface area contributed by atoms with E-state index in [1.165, 1.54) is 10.4 Å². The van der Waals surface area contributed by atoms with Crippen molar-refractivity contribution >= 4 is 38.9 Å². The van der Waals surface area contributed by atoms with Crippen molar-refractivity contribution in [3.63, 3.8) is 0 Å². The minimum Gasteiger partial charge on any atom is -0.229 e. The third-order valence-corrected chi connectivity index (χ3v) is 4.65. The molecule has 0 fully saturated rings. The van der Waals surface area contributed by atoms with E-state index >= 15 is 0 Å². The molecule has 0 atom stereocenters. The number of hydrogen-bond acceptors (Lipinski definition) is 2. The van der Waals surface area contributed by atoms with Crippen molar-refractivity contribution in [2.75, 3.05) is 0 Å². The lowest BCUT2D eigenvalue weighted by molar-refractivity contribution is 0.888. The molecule has 104 valence electrons. The fourth-order valence-corrected chi connectivity index (χ4v) is 3.53. The van der Waals surface area contributed by atoms with Crippen LogP contribution in [0.1, 0.15) is 44.1 Å². The molecule has 0 saturated carbocycles. The van der Waals surface area contributed by atoms with E-state index in [9.17, 15) is 0 Å². The van der Waals surface area contributed by atoms with Gasteiger partial charge in [-0.25, -0.2) is 4.98 Å². The lowest BCUT2D eigenvalue weighted by Crippen LogP contribution is -1.89. The number of thiazole rings is 1. The van der Waals surface area contributed by atoms with E-state index in [1.54, 1.807) is 11.3 Å². The van der Waals surface area contributed by atoms with Gasteiger partial charge in [0.05, 0.1) is 10.7 Å². The van der Waals surface area contributed by atoms with Gasteiger partial charge in [0, 0.05) is 10.4 Å². The number of rotatable bonds is 2. The first kappa shape index (κ1) is 16.7. The Balaban J connectivity index is 0.000000861. The minimum absolute atomic E-state index is 0.450. The summed E-state index contributed by atoms with van der Waals surface area (Å²) in [5, 5.41) is 0.768. The molecule has 4 heteroatoms. The molecular formula is C15H19BrClNS. The van der Waals surface area contributed by atoms with Crippen LogP contribution in [0, 0.1) is 6.92 Å². The average Bonchev–Trinajstić information content (AvgIpc) is 2.74. The number of aromatic nitrogens is 1. The van der Waals surface area contributed by atoms with Gasteiger partial charge in [-0.1, -0.05) is 51.4 Å². The van der Waals surface area contributed by atoms with Crippen LogP contribution in [0.25, 0.3) is 11.3 Å². The van der Waals surface area contributed by atoms with E-state index in [4.69, 9.17) is 11.6 Å². The van der Waals surface area contributed by atoms with E-state index in [0.717, 1.165) is 20.2 Å². The van der Waals surface area contributed by atoms with E-state index in [1.807, 2.05) is 32.9 Å². The molecule has 19 heavy (non-hydrogen) atoms. The smallest absolute Gasteiger partial charge is 0.160 e. The molecule has 0 aliphatic carbocycles. The molecule has 1 aromatic heterocycles. The molecule has 0 saturated heterocycles. The molecule has 0 radical (unpaired) electrons. The van der Waals surface area contributed by atoms with Crippen molar-refractivity contribution in [2.24, 2.45) is 0 Å². The number of aryl methyl sites for hydroxylation is 1. The summed E-state index contributed by atoms with van der Waals surface area (Å²) in [7, 11) is 0. The van der Waals surface area contributed by atoms with Gasteiger partial charge in [0.25, 0.3) is 0 Å². The molecule has 0 aliphatic heterocycles. The summed E-state index contributed by atoms with van der Waals surface area (Å²) in [6, 6.07) is 6.10. The lowest BCUT2D eigenvalue weighted by Gasteiger charge is -2.07. The summed E-state index contributed by atoms with van der Waals surface area (Å²) in [5.74, 6) is 0.450. The standard InChI is InChI=1S/C13H13BrClNS.C2H6/c1-7(2)12-11(16-13(14)17-12)9-5-4-8(3)6-10(9)15;1-2/h4-7H,1-3H3;1-2H3. The van der Waals surface area contributed by atoms with Crippen LogP contribution in [-0.4, -0.2) is 4.98 Å². The van der Waals surface area contributed by atoms with Crippen LogP contribution >= 0.6 is 38.9 Å². The van der Waals surface area contributed by atoms with E-state index in [-0.39, 0.29) is 0 Å². The Kier molecular flexibility index (Phi) is 6.51. The molecule has 0 spiro atoms. The summed E-state index contributed by atoms with van der Waals surface area (Å²) in [5.41, 5.74) is 3.18. The Bertz CT molecular complexity index is 549. The van der Waals surface area contributed by atoms with Gasteiger partial charge < -0.3 is 0 Å². The highest BCUT2D eigenvalue weighted by Crippen LogP contribution is 2.38. The zero-order valence-electron chi connectivity index (χ0n) is 11.9. The third kappa shape index (κ3) is 4.04. The molecule has 0 bridgehead atoms. The zero-order valence-corrected chi connectivity index (χ0v) is 15.1. The van der Waals surface area contributed by atoms with Crippen LogP contribution in [0.5, 0.6) is 0 Å². The maximum atomic E-state index is 6.30. The van der Waals surface area contributed by atoms with Crippen molar-refractivity contribution in [3.8, 4) is 11.3 Å². The predicted octanol–water partition coefficient (Wildman–Crippen LogP) is 6.68. The topological polar surface area (TPSA) is 12.9 Å². The molecule has 0 unspecified atom stereocenters. The van der Waals surface area contributed by atoms with Crippen molar-refractivity contribution in [1.29, 1.82) is 0 Å². The van der Waals surface area contributed by atoms with E-state index < -0.39 is 0 Å². The van der Waals surface area contributed by atoms with Crippen molar-refractivity contribution in [3.05, 3.63) is 37.6 Å². The summed E-state index contributed by atoms with van der Waals surface area (Å²) in [4.78, 5) is 5.81. The van der Waals surface area contributed by atoms with Crippen molar-refractivity contribution in [2.45, 2.75) is 40.5 Å². The first-order valence-electron chi connectivity index (χ1n) is 6.41. The molecule has 1 aromatic carbocycles. The normalized spacial score (nSPS) is 10.3. The lowest BCUT2D eigenvalue weighted by atomic mass is 10.0. The minimum atomic E-state index is 0.450. The first-order valence-corrected chi connectivity index (χ1v) is 8.40. The highest BCUT2D eigenvalue weighted by Gasteiger charge is 2.16. The quantitative estimate of drug-likeness (QED) is 0.581. The van der Waals surface area contributed by atoms with Gasteiger partial charge in [0.1, 0.15) is 0 Å². The number of halogens is 2. The molecule has 0 N–H and O–H groups in total. The zero-order chi connectivity index (χ0) is 14.6.